The maximum Gasteiger partial charge on any atom is 0.339 e. The number of nitrogen functional groups attached to an aromatic ring is 1. The van der Waals surface area contributed by atoms with Gasteiger partial charge in [-0.2, -0.15) is 0 Å². The number of rotatable bonds is 7. The number of unbranched alkanes of at least 4 members (excludes halogenated alkanes) is 3. The first-order valence-corrected chi connectivity index (χ1v) is 7.70. The molecule has 0 radical (unpaired) electrons. The van der Waals surface area contributed by atoms with Gasteiger partial charge in [-0.15, -0.1) is 0 Å². The second kappa shape index (κ2) is 8.25. The number of hydrogen-bond acceptors (Lipinski definition) is 3. The van der Waals surface area contributed by atoms with Crippen molar-refractivity contribution in [1.29, 1.82) is 0 Å². The summed E-state index contributed by atoms with van der Waals surface area (Å²) in [6.07, 6.45) is 5.23. The topological polar surface area (TPSA) is 52.3 Å². The standard InChI is InChI=1S/C15H21BrFNO2/c1-3-4-5-6-7-10(2)20-15(19)11-8-14(18)13(17)9-12(11)16/h8-10H,3-7,18H2,1-2H3. The van der Waals surface area contributed by atoms with Crippen LogP contribution in [0.3, 0.4) is 0 Å². The molecule has 5 heteroatoms. The molecule has 2 N–H and O–H groups in total. The molecule has 0 saturated carbocycles. The Labute approximate surface area is 127 Å². The van der Waals surface area contributed by atoms with Crippen LogP contribution in [0.2, 0.25) is 0 Å². The van der Waals surface area contributed by atoms with Gasteiger partial charge in [0, 0.05) is 4.47 Å². The lowest BCUT2D eigenvalue weighted by Crippen LogP contribution is -2.16. The van der Waals surface area contributed by atoms with E-state index in [9.17, 15) is 9.18 Å². The van der Waals surface area contributed by atoms with Crippen molar-refractivity contribution in [3.05, 3.63) is 28.0 Å². The van der Waals surface area contributed by atoms with E-state index in [1.807, 2.05) is 6.92 Å². The predicted molar refractivity (Wildman–Crippen MR) is 82.1 cm³/mol. The molecule has 1 unspecified atom stereocenters. The Morgan fingerprint density at radius 2 is 2.10 bits per heavy atom. The van der Waals surface area contributed by atoms with Gasteiger partial charge in [0.05, 0.1) is 17.4 Å². The van der Waals surface area contributed by atoms with E-state index in [0.717, 1.165) is 19.3 Å². The molecule has 0 fully saturated rings. The summed E-state index contributed by atoms with van der Waals surface area (Å²) in [6.45, 7) is 4.02. The zero-order chi connectivity index (χ0) is 15.1. The summed E-state index contributed by atoms with van der Waals surface area (Å²) in [5.74, 6) is -1.03. The lowest BCUT2D eigenvalue weighted by Gasteiger charge is -2.14. The van der Waals surface area contributed by atoms with Crippen molar-refractivity contribution in [2.24, 2.45) is 0 Å². The molecular weight excluding hydrogens is 325 g/mol. The molecule has 1 atom stereocenters. The van der Waals surface area contributed by atoms with Gasteiger partial charge in [0.25, 0.3) is 0 Å². The van der Waals surface area contributed by atoms with Crippen LogP contribution in [-0.4, -0.2) is 12.1 Å². The van der Waals surface area contributed by atoms with Gasteiger partial charge in [0.2, 0.25) is 0 Å². The van der Waals surface area contributed by atoms with Crippen molar-refractivity contribution >= 4 is 27.6 Å². The second-order valence-corrected chi connectivity index (χ2v) is 5.77. The molecule has 0 bridgehead atoms. The van der Waals surface area contributed by atoms with E-state index in [-0.39, 0.29) is 17.4 Å². The normalized spacial score (nSPS) is 12.2. The predicted octanol–water partition coefficient (Wildman–Crippen LogP) is 4.69. The minimum absolute atomic E-state index is 0.0595. The van der Waals surface area contributed by atoms with Crippen LogP contribution in [-0.2, 0) is 4.74 Å². The number of esters is 1. The molecule has 0 amide bonds. The van der Waals surface area contributed by atoms with Crippen molar-refractivity contribution in [2.45, 2.75) is 52.1 Å². The summed E-state index contributed by atoms with van der Waals surface area (Å²) in [4.78, 5) is 12.0. The first-order valence-electron chi connectivity index (χ1n) is 6.91. The number of carbonyl (C=O) groups is 1. The zero-order valence-corrected chi connectivity index (χ0v) is 13.5. The van der Waals surface area contributed by atoms with E-state index in [2.05, 4.69) is 22.9 Å². The number of carbonyl (C=O) groups excluding carboxylic acids is 1. The van der Waals surface area contributed by atoms with E-state index >= 15 is 0 Å². The summed E-state index contributed by atoms with van der Waals surface area (Å²) in [6, 6.07) is 2.48. The Bertz CT molecular complexity index is 465. The number of hydrogen-bond donors (Lipinski definition) is 1. The van der Waals surface area contributed by atoms with Gasteiger partial charge in [-0.3, -0.25) is 0 Å². The number of benzene rings is 1. The highest BCUT2D eigenvalue weighted by Gasteiger charge is 2.17. The minimum atomic E-state index is -0.555. The maximum absolute atomic E-state index is 13.2. The lowest BCUT2D eigenvalue weighted by atomic mass is 10.1. The van der Waals surface area contributed by atoms with Crippen molar-refractivity contribution in [3.8, 4) is 0 Å². The van der Waals surface area contributed by atoms with E-state index in [1.54, 1.807) is 0 Å². The first kappa shape index (κ1) is 17.0. The Balaban J connectivity index is 2.56. The highest BCUT2D eigenvalue weighted by molar-refractivity contribution is 9.10. The van der Waals surface area contributed by atoms with Crippen LogP contribution in [0.25, 0.3) is 0 Å². The van der Waals surface area contributed by atoms with Crippen LogP contribution in [0, 0.1) is 5.82 Å². The second-order valence-electron chi connectivity index (χ2n) is 4.92. The molecule has 0 saturated heterocycles. The average molecular weight is 346 g/mol. The SMILES string of the molecule is CCCCCCC(C)OC(=O)c1cc(N)c(F)cc1Br. The fraction of sp³-hybridized carbons (Fsp3) is 0.533. The lowest BCUT2D eigenvalue weighted by molar-refractivity contribution is 0.0318. The molecule has 1 aromatic carbocycles. The van der Waals surface area contributed by atoms with Gasteiger partial charge >= 0.3 is 5.97 Å². The Kier molecular flexibility index (Phi) is 6.99. The smallest absolute Gasteiger partial charge is 0.339 e. The van der Waals surface area contributed by atoms with Crippen LogP contribution >= 0.6 is 15.9 Å². The van der Waals surface area contributed by atoms with Gasteiger partial charge in [-0.25, -0.2) is 9.18 Å². The van der Waals surface area contributed by atoms with Gasteiger partial charge < -0.3 is 10.5 Å². The van der Waals surface area contributed by atoms with Crippen molar-refractivity contribution in [1.82, 2.24) is 0 Å². The molecule has 0 aliphatic rings. The van der Waals surface area contributed by atoms with Crippen LogP contribution in [0.15, 0.2) is 16.6 Å². The van der Waals surface area contributed by atoms with Crippen LogP contribution < -0.4 is 5.73 Å². The molecule has 1 aromatic rings. The number of anilines is 1. The van der Waals surface area contributed by atoms with E-state index in [4.69, 9.17) is 10.5 Å². The summed E-state index contributed by atoms with van der Waals surface area (Å²) in [5, 5.41) is 0. The Morgan fingerprint density at radius 3 is 2.75 bits per heavy atom. The van der Waals surface area contributed by atoms with Crippen molar-refractivity contribution in [2.75, 3.05) is 5.73 Å². The molecule has 0 aromatic heterocycles. The maximum atomic E-state index is 13.2. The highest BCUT2D eigenvalue weighted by atomic mass is 79.9. The molecule has 0 aliphatic heterocycles. The highest BCUT2D eigenvalue weighted by Crippen LogP contribution is 2.24. The number of nitrogens with two attached hydrogens (primary N) is 1. The van der Waals surface area contributed by atoms with Crippen LogP contribution in [0.1, 0.15) is 56.3 Å². The molecule has 0 aliphatic carbocycles. The molecule has 0 spiro atoms. The molecule has 1 rings (SSSR count). The van der Waals surface area contributed by atoms with E-state index in [1.165, 1.54) is 25.0 Å². The summed E-state index contributed by atoms with van der Waals surface area (Å²) < 4.78 is 18.9. The third-order valence-corrected chi connectivity index (χ3v) is 3.73. The van der Waals surface area contributed by atoms with Gasteiger partial charge in [-0.05, 0) is 47.8 Å². The van der Waals surface area contributed by atoms with Crippen LogP contribution in [0.4, 0.5) is 10.1 Å². The third kappa shape index (κ3) is 5.12. The monoisotopic (exact) mass is 345 g/mol. The summed E-state index contributed by atoms with van der Waals surface area (Å²) in [5.41, 5.74) is 5.66. The van der Waals surface area contributed by atoms with E-state index < -0.39 is 11.8 Å². The van der Waals surface area contributed by atoms with Crippen molar-refractivity contribution in [3.63, 3.8) is 0 Å². The van der Waals surface area contributed by atoms with Gasteiger partial charge in [0.15, 0.2) is 0 Å². The molecule has 3 nitrogen and oxygen atoms in total. The molecule has 20 heavy (non-hydrogen) atoms. The number of halogens is 2. The zero-order valence-electron chi connectivity index (χ0n) is 11.9. The Hall–Kier alpha value is -1.10. The van der Waals surface area contributed by atoms with Crippen LogP contribution in [0.5, 0.6) is 0 Å². The average Bonchev–Trinajstić information content (AvgIpc) is 2.38. The molecular formula is C15H21BrFNO2. The fourth-order valence-electron chi connectivity index (χ4n) is 1.89. The Morgan fingerprint density at radius 1 is 1.40 bits per heavy atom. The summed E-state index contributed by atoms with van der Waals surface area (Å²) in [7, 11) is 0. The largest absolute Gasteiger partial charge is 0.459 e. The first-order chi connectivity index (χ1) is 9.45. The molecule has 0 heterocycles. The fourth-order valence-corrected chi connectivity index (χ4v) is 2.36. The van der Waals surface area contributed by atoms with E-state index in [0.29, 0.717) is 4.47 Å². The van der Waals surface area contributed by atoms with Gasteiger partial charge in [-0.1, -0.05) is 26.2 Å². The number of ether oxygens (including phenoxy) is 1. The van der Waals surface area contributed by atoms with Crippen molar-refractivity contribution < 1.29 is 13.9 Å². The minimum Gasteiger partial charge on any atom is -0.459 e. The van der Waals surface area contributed by atoms with Gasteiger partial charge in [0.1, 0.15) is 5.82 Å². The third-order valence-electron chi connectivity index (χ3n) is 3.08. The quantitative estimate of drug-likeness (QED) is 0.443. The summed E-state index contributed by atoms with van der Waals surface area (Å²) >= 11 is 3.15. The molecule has 112 valence electrons.